The molecule has 0 aliphatic heterocycles. The molecule has 0 aliphatic carbocycles. The second-order valence-corrected chi connectivity index (χ2v) is 6.13. The van der Waals surface area contributed by atoms with Crippen LogP contribution in [0.3, 0.4) is 0 Å². The highest BCUT2D eigenvalue weighted by atomic mass is 79.9. The molecule has 3 rings (SSSR count). The molecule has 0 saturated carbocycles. The van der Waals surface area contributed by atoms with Gasteiger partial charge in [0.2, 0.25) is 0 Å². The van der Waals surface area contributed by atoms with E-state index in [1.165, 1.54) is 11.1 Å². The molecular weight excluding hydrogens is 314 g/mol. The molecule has 1 aromatic heterocycles. The van der Waals surface area contributed by atoms with Crippen LogP contribution in [0.1, 0.15) is 16.7 Å². The third-order valence-electron chi connectivity index (χ3n) is 3.69. The summed E-state index contributed by atoms with van der Waals surface area (Å²) in [7, 11) is 0. The average molecular weight is 330 g/mol. The largest absolute Gasteiger partial charge is 0.399 e. The minimum Gasteiger partial charge on any atom is -0.399 e. The Morgan fingerprint density at radius 2 is 1.80 bits per heavy atom. The number of H-pyrrole nitrogens is 1. The Kier molecular flexibility index (Phi) is 3.05. The van der Waals surface area contributed by atoms with Crippen LogP contribution in [0, 0.1) is 20.8 Å². The molecule has 0 spiro atoms. The van der Waals surface area contributed by atoms with E-state index in [1.54, 1.807) is 0 Å². The van der Waals surface area contributed by atoms with Gasteiger partial charge in [0.1, 0.15) is 5.82 Å². The van der Waals surface area contributed by atoms with Gasteiger partial charge in [-0.2, -0.15) is 0 Å². The summed E-state index contributed by atoms with van der Waals surface area (Å²) in [6.07, 6.45) is 0. The average Bonchev–Trinajstić information content (AvgIpc) is 2.77. The molecule has 0 bridgehead atoms. The predicted octanol–water partition coefficient (Wildman–Crippen LogP) is 4.50. The van der Waals surface area contributed by atoms with Gasteiger partial charge >= 0.3 is 0 Å². The van der Waals surface area contributed by atoms with Gasteiger partial charge < -0.3 is 10.7 Å². The molecule has 20 heavy (non-hydrogen) atoms. The number of hydrogen-bond donors (Lipinski definition) is 2. The second kappa shape index (κ2) is 4.63. The number of benzene rings is 2. The SMILES string of the molecule is Cc1cc(N)cc(-c2nc3c(C)cc(Br)cc3[nH]2)c1C. The molecule has 1 heterocycles. The zero-order chi connectivity index (χ0) is 14.4. The first kappa shape index (κ1) is 13.2. The van der Waals surface area contributed by atoms with E-state index in [2.05, 4.69) is 47.8 Å². The number of anilines is 1. The summed E-state index contributed by atoms with van der Waals surface area (Å²) in [4.78, 5) is 8.13. The minimum absolute atomic E-state index is 0.765. The number of nitrogen functional groups attached to an aromatic ring is 1. The fourth-order valence-corrected chi connectivity index (χ4v) is 3.08. The normalized spacial score (nSPS) is 11.2. The predicted molar refractivity (Wildman–Crippen MR) is 87.9 cm³/mol. The highest BCUT2D eigenvalue weighted by molar-refractivity contribution is 9.10. The molecule has 0 atom stereocenters. The Hall–Kier alpha value is -1.81. The number of aromatic amines is 1. The van der Waals surface area contributed by atoms with E-state index in [0.717, 1.165) is 38.1 Å². The van der Waals surface area contributed by atoms with Gasteiger partial charge in [-0.3, -0.25) is 0 Å². The second-order valence-electron chi connectivity index (χ2n) is 5.21. The van der Waals surface area contributed by atoms with Crippen molar-refractivity contribution in [2.24, 2.45) is 0 Å². The molecule has 3 nitrogen and oxygen atoms in total. The quantitative estimate of drug-likeness (QED) is 0.646. The van der Waals surface area contributed by atoms with Gasteiger partial charge in [-0.1, -0.05) is 15.9 Å². The van der Waals surface area contributed by atoms with E-state index >= 15 is 0 Å². The monoisotopic (exact) mass is 329 g/mol. The van der Waals surface area contributed by atoms with E-state index < -0.39 is 0 Å². The molecular formula is C16H16BrN3. The minimum atomic E-state index is 0.765. The van der Waals surface area contributed by atoms with Gasteiger partial charge in [0.05, 0.1) is 11.0 Å². The van der Waals surface area contributed by atoms with Crippen molar-refractivity contribution in [1.82, 2.24) is 9.97 Å². The van der Waals surface area contributed by atoms with Gasteiger partial charge in [-0.25, -0.2) is 4.98 Å². The van der Waals surface area contributed by atoms with E-state index in [9.17, 15) is 0 Å². The lowest BCUT2D eigenvalue weighted by atomic mass is 10.0. The lowest BCUT2D eigenvalue weighted by Gasteiger charge is -2.07. The molecule has 0 saturated heterocycles. The molecule has 102 valence electrons. The molecule has 0 radical (unpaired) electrons. The zero-order valence-electron chi connectivity index (χ0n) is 11.7. The lowest BCUT2D eigenvalue weighted by molar-refractivity contribution is 1.27. The highest BCUT2D eigenvalue weighted by Gasteiger charge is 2.12. The number of nitrogens with one attached hydrogen (secondary N) is 1. The highest BCUT2D eigenvalue weighted by Crippen LogP contribution is 2.30. The van der Waals surface area contributed by atoms with Gasteiger partial charge in [-0.05, 0) is 61.7 Å². The maximum Gasteiger partial charge on any atom is 0.138 e. The molecule has 3 N–H and O–H groups in total. The van der Waals surface area contributed by atoms with E-state index in [-0.39, 0.29) is 0 Å². The maximum absolute atomic E-state index is 5.96. The van der Waals surface area contributed by atoms with Crippen molar-refractivity contribution in [1.29, 1.82) is 0 Å². The van der Waals surface area contributed by atoms with E-state index in [4.69, 9.17) is 10.7 Å². The topological polar surface area (TPSA) is 54.7 Å². The van der Waals surface area contributed by atoms with Crippen LogP contribution in [0.25, 0.3) is 22.4 Å². The van der Waals surface area contributed by atoms with Gasteiger partial charge in [0, 0.05) is 15.7 Å². The number of rotatable bonds is 1. The molecule has 4 heteroatoms. The van der Waals surface area contributed by atoms with E-state index in [1.807, 2.05) is 18.2 Å². The van der Waals surface area contributed by atoms with Crippen molar-refractivity contribution >= 4 is 32.7 Å². The van der Waals surface area contributed by atoms with Crippen LogP contribution in [0.5, 0.6) is 0 Å². The Balaban J connectivity index is 2.28. The third-order valence-corrected chi connectivity index (χ3v) is 4.14. The van der Waals surface area contributed by atoms with Crippen LogP contribution < -0.4 is 5.73 Å². The summed E-state index contributed by atoms with van der Waals surface area (Å²) in [5, 5.41) is 0. The number of hydrogen-bond acceptors (Lipinski definition) is 2. The van der Waals surface area contributed by atoms with Crippen molar-refractivity contribution in [3.63, 3.8) is 0 Å². The van der Waals surface area contributed by atoms with Gasteiger partial charge in [0.25, 0.3) is 0 Å². The summed E-state index contributed by atoms with van der Waals surface area (Å²) < 4.78 is 1.05. The van der Waals surface area contributed by atoms with Crippen LogP contribution >= 0.6 is 15.9 Å². The Morgan fingerprint density at radius 1 is 1.05 bits per heavy atom. The molecule has 2 aromatic carbocycles. The fourth-order valence-electron chi connectivity index (χ4n) is 2.51. The summed E-state index contributed by atoms with van der Waals surface area (Å²) in [5.74, 6) is 0.870. The van der Waals surface area contributed by atoms with Crippen LogP contribution in [0.4, 0.5) is 5.69 Å². The van der Waals surface area contributed by atoms with Crippen LogP contribution in [-0.2, 0) is 0 Å². The van der Waals surface area contributed by atoms with Crippen molar-refractivity contribution in [3.05, 3.63) is 45.4 Å². The van der Waals surface area contributed by atoms with Gasteiger partial charge in [0.15, 0.2) is 0 Å². The van der Waals surface area contributed by atoms with Crippen LogP contribution in [0.2, 0.25) is 0 Å². The van der Waals surface area contributed by atoms with Crippen LogP contribution in [-0.4, -0.2) is 9.97 Å². The number of nitrogens with zero attached hydrogens (tertiary/aromatic N) is 1. The number of fused-ring (bicyclic) bond motifs is 1. The Bertz CT molecular complexity index is 818. The summed E-state index contributed by atoms with van der Waals surface area (Å²) >= 11 is 3.52. The smallest absolute Gasteiger partial charge is 0.138 e. The number of aryl methyl sites for hydroxylation is 2. The zero-order valence-corrected chi connectivity index (χ0v) is 13.3. The number of nitrogens with two attached hydrogens (primary N) is 1. The summed E-state index contributed by atoms with van der Waals surface area (Å²) in [5.41, 5.74) is 13.4. The first-order valence-electron chi connectivity index (χ1n) is 6.48. The third kappa shape index (κ3) is 2.10. The maximum atomic E-state index is 5.96. The first-order chi connectivity index (χ1) is 9.45. The summed E-state index contributed by atoms with van der Waals surface area (Å²) in [6, 6.07) is 8.09. The van der Waals surface area contributed by atoms with Crippen molar-refractivity contribution in [3.8, 4) is 11.4 Å². The number of halogens is 1. The Morgan fingerprint density at radius 3 is 2.55 bits per heavy atom. The molecule has 3 aromatic rings. The van der Waals surface area contributed by atoms with Crippen molar-refractivity contribution in [2.75, 3.05) is 5.73 Å². The number of aromatic nitrogens is 2. The van der Waals surface area contributed by atoms with Crippen molar-refractivity contribution in [2.45, 2.75) is 20.8 Å². The number of imidazole rings is 1. The molecule has 0 fully saturated rings. The van der Waals surface area contributed by atoms with Crippen LogP contribution in [0.15, 0.2) is 28.7 Å². The first-order valence-corrected chi connectivity index (χ1v) is 7.28. The molecule has 0 aliphatic rings. The Labute approximate surface area is 126 Å². The fraction of sp³-hybridized carbons (Fsp3) is 0.188. The van der Waals surface area contributed by atoms with Crippen molar-refractivity contribution < 1.29 is 0 Å². The van der Waals surface area contributed by atoms with Gasteiger partial charge in [-0.15, -0.1) is 0 Å². The standard InChI is InChI=1S/C16H16BrN3/c1-8-5-12(18)7-13(10(8)3)16-19-14-6-11(17)4-9(2)15(14)20-16/h4-7H,18H2,1-3H3,(H,19,20). The van der Waals surface area contributed by atoms with E-state index in [0.29, 0.717) is 0 Å². The lowest BCUT2D eigenvalue weighted by Crippen LogP contribution is -1.93. The molecule has 0 amide bonds. The molecule has 0 unspecified atom stereocenters. The summed E-state index contributed by atoms with van der Waals surface area (Å²) in [6.45, 7) is 6.23.